The first-order chi connectivity index (χ1) is 12.0. The van der Waals surface area contributed by atoms with Crippen molar-refractivity contribution in [3.63, 3.8) is 0 Å². The van der Waals surface area contributed by atoms with Crippen molar-refractivity contribution in [1.29, 1.82) is 0 Å². The Balaban J connectivity index is 1.70. The summed E-state index contributed by atoms with van der Waals surface area (Å²) in [5.41, 5.74) is 6.49. The summed E-state index contributed by atoms with van der Waals surface area (Å²) in [5, 5.41) is 0.623. The van der Waals surface area contributed by atoms with Crippen LogP contribution < -0.4 is 15.6 Å². The van der Waals surface area contributed by atoms with E-state index in [2.05, 4.69) is 26.8 Å². The number of hydrazine groups is 1. The minimum Gasteiger partial charge on any atom is -0.483 e. The molecule has 0 aromatic heterocycles. The molecule has 2 aromatic carbocycles. The van der Waals surface area contributed by atoms with E-state index in [0.29, 0.717) is 17.2 Å². The molecule has 7 heteroatoms. The topological polar surface area (TPSA) is 67.4 Å². The Bertz CT molecular complexity index is 768. The highest BCUT2D eigenvalue weighted by atomic mass is 79.9. The molecule has 2 aromatic rings. The Hall–Kier alpha value is -2.05. The molecule has 25 heavy (non-hydrogen) atoms. The van der Waals surface area contributed by atoms with Gasteiger partial charge in [-0.15, -0.1) is 0 Å². The molecule has 2 amide bonds. The van der Waals surface area contributed by atoms with Crippen LogP contribution in [0, 0.1) is 6.92 Å². The average molecular weight is 426 g/mol. The Morgan fingerprint density at radius 1 is 1.12 bits per heavy atom. The molecule has 0 aliphatic rings. The highest BCUT2D eigenvalue weighted by Gasteiger charge is 2.08. The van der Waals surface area contributed by atoms with Crippen molar-refractivity contribution in [1.82, 2.24) is 10.9 Å². The Morgan fingerprint density at radius 2 is 1.84 bits per heavy atom. The maximum Gasteiger partial charge on any atom is 0.276 e. The number of rotatable bonds is 6. The third-order valence-electron chi connectivity index (χ3n) is 3.42. The third-order valence-corrected chi connectivity index (χ3v) is 4.28. The molecule has 0 saturated carbocycles. The first kappa shape index (κ1) is 19.3. The number of carbonyl (C=O) groups is 2. The van der Waals surface area contributed by atoms with Gasteiger partial charge in [0.2, 0.25) is 5.91 Å². The van der Waals surface area contributed by atoms with E-state index in [4.69, 9.17) is 16.3 Å². The zero-order valence-corrected chi connectivity index (χ0v) is 16.0. The molecule has 2 rings (SSSR count). The number of carbonyl (C=O) groups excluding carboxylic acids is 2. The summed E-state index contributed by atoms with van der Waals surface area (Å²) in [7, 11) is 0. The van der Waals surface area contributed by atoms with E-state index in [1.165, 1.54) is 0 Å². The number of amides is 2. The van der Waals surface area contributed by atoms with Crippen molar-refractivity contribution in [2.45, 2.75) is 19.8 Å². The summed E-state index contributed by atoms with van der Waals surface area (Å²) >= 11 is 9.40. The number of nitrogens with one attached hydrogen (secondary N) is 2. The quantitative estimate of drug-likeness (QED) is 0.695. The number of hydrogen-bond acceptors (Lipinski definition) is 3. The van der Waals surface area contributed by atoms with Gasteiger partial charge in [0.05, 0.1) is 0 Å². The zero-order chi connectivity index (χ0) is 18.2. The number of hydrogen-bond donors (Lipinski definition) is 2. The minimum atomic E-state index is -0.437. The fraction of sp³-hybridized carbons (Fsp3) is 0.222. The van der Waals surface area contributed by atoms with Crippen LogP contribution in [0.5, 0.6) is 5.75 Å². The van der Waals surface area contributed by atoms with Gasteiger partial charge in [-0.3, -0.25) is 20.4 Å². The maximum atomic E-state index is 11.8. The molecular weight excluding hydrogens is 408 g/mol. The van der Waals surface area contributed by atoms with Gasteiger partial charge in [0.15, 0.2) is 6.61 Å². The fourth-order valence-corrected chi connectivity index (χ4v) is 2.81. The summed E-state index contributed by atoms with van der Waals surface area (Å²) in [6.45, 7) is 1.70. The van der Waals surface area contributed by atoms with Crippen LogP contribution in [0.15, 0.2) is 46.9 Å². The van der Waals surface area contributed by atoms with Crippen LogP contribution >= 0.6 is 27.5 Å². The van der Waals surface area contributed by atoms with E-state index in [1.807, 2.05) is 37.3 Å². The van der Waals surface area contributed by atoms with Crippen LogP contribution in [0.4, 0.5) is 0 Å². The summed E-state index contributed by atoms with van der Waals surface area (Å²) in [6.07, 6.45) is 0.715. The lowest BCUT2D eigenvalue weighted by atomic mass is 10.1. The van der Waals surface area contributed by atoms with E-state index in [9.17, 15) is 9.59 Å². The number of benzene rings is 2. The van der Waals surface area contributed by atoms with E-state index in [0.717, 1.165) is 15.6 Å². The molecule has 0 atom stereocenters. The van der Waals surface area contributed by atoms with Gasteiger partial charge < -0.3 is 4.74 Å². The largest absolute Gasteiger partial charge is 0.483 e. The maximum absolute atomic E-state index is 11.8. The lowest BCUT2D eigenvalue weighted by Gasteiger charge is -2.11. The molecule has 0 bridgehead atoms. The van der Waals surface area contributed by atoms with Crippen molar-refractivity contribution in [2.75, 3.05) is 6.61 Å². The molecule has 132 valence electrons. The number of halogens is 2. The summed E-state index contributed by atoms with van der Waals surface area (Å²) in [5.74, 6) is -0.120. The smallest absolute Gasteiger partial charge is 0.276 e. The van der Waals surface area contributed by atoms with E-state index < -0.39 is 5.91 Å². The fourth-order valence-electron chi connectivity index (χ4n) is 2.11. The lowest BCUT2D eigenvalue weighted by Crippen LogP contribution is -2.43. The van der Waals surface area contributed by atoms with E-state index in [1.54, 1.807) is 12.1 Å². The van der Waals surface area contributed by atoms with Crippen LogP contribution in [0.1, 0.15) is 17.5 Å². The first-order valence-electron chi connectivity index (χ1n) is 7.66. The van der Waals surface area contributed by atoms with Gasteiger partial charge in [-0.2, -0.15) is 0 Å². The highest BCUT2D eigenvalue weighted by molar-refractivity contribution is 9.10. The van der Waals surface area contributed by atoms with Crippen molar-refractivity contribution in [3.05, 3.63) is 63.1 Å². The van der Waals surface area contributed by atoms with Crippen LogP contribution in [-0.2, 0) is 16.0 Å². The molecule has 2 N–H and O–H groups in total. The van der Waals surface area contributed by atoms with Gasteiger partial charge in [0, 0.05) is 15.9 Å². The Kier molecular flexibility index (Phi) is 7.28. The van der Waals surface area contributed by atoms with Gasteiger partial charge in [-0.1, -0.05) is 45.7 Å². The van der Waals surface area contributed by atoms with Gasteiger partial charge >= 0.3 is 0 Å². The normalized spacial score (nSPS) is 10.2. The third kappa shape index (κ3) is 6.40. The number of aryl methyl sites for hydroxylation is 2. The molecular formula is C18H18BrClN2O3. The molecule has 0 unspecified atom stereocenters. The van der Waals surface area contributed by atoms with Crippen LogP contribution in [0.25, 0.3) is 0 Å². The van der Waals surface area contributed by atoms with Crippen LogP contribution in [0.2, 0.25) is 5.02 Å². The molecule has 0 fully saturated rings. The van der Waals surface area contributed by atoms with Crippen LogP contribution in [-0.4, -0.2) is 18.4 Å². The Morgan fingerprint density at radius 3 is 2.56 bits per heavy atom. The second-order valence-electron chi connectivity index (χ2n) is 5.39. The summed E-state index contributed by atoms with van der Waals surface area (Å²) in [6, 6.07) is 12.8. The van der Waals surface area contributed by atoms with Gasteiger partial charge in [-0.25, -0.2) is 0 Å². The SMILES string of the molecule is Cc1cc(Br)ccc1OCC(=O)NNC(=O)CCc1ccccc1Cl. The molecule has 0 aliphatic heterocycles. The van der Waals surface area contributed by atoms with Crippen molar-refractivity contribution >= 4 is 39.3 Å². The van der Waals surface area contributed by atoms with Gasteiger partial charge in [0.1, 0.15) is 5.75 Å². The summed E-state index contributed by atoms with van der Waals surface area (Å²) < 4.78 is 6.37. The molecule has 0 radical (unpaired) electrons. The van der Waals surface area contributed by atoms with Gasteiger partial charge in [-0.05, 0) is 48.7 Å². The van der Waals surface area contributed by atoms with E-state index in [-0.39, 0.29) is 18.9 Å². The minimum absolute atomic E-state index is 0.187. The van der Waals surface area contributed by atoms with Gasteiger partial charge in [0.25, 0.3) is 5.91 Å². The van der Waals surface area contributed by atoms with Crippen LogP contribution in [0.3, 0.4) is 0 Å². The van der Waals surface area contributed by atoms with E-state index >= 15 is 0 Å². The monoisotopic (exact) mass is 424 g/mol. The molecule has 0 spiro atoms. The molecule has 0 aliphatic carbocycles. The van der Waals surface area contributed by atoms with Crippen molar-refractivity contribution in [3.8, 4) is 5.75 Å². The lowest BCUT2D eigenvalue weighted by molar-refractivity contribution is -0.130. The molecule has 0 saturated heterocycles. The predicted octanol–water partition coefficient (Wildman–Crippen LogP) is 3.57. The first-order valence-corrected chi connectivity index (χ1v) is 8.83. The van der Waals surface area contributed by atoms with Crippen molar-refractivity contribution < 1.29 is 14.3 Å². The summed E-state index contributed by atoms with van der Waals surface area (Å²) in [4.78, 5) is 23.5. The highest BCUT2D eigenvalue weighted by Crippen LogP contribution is 2.22. The molecule has 0 heterocycles. The second-order valence-corrected chi connectivity index (χ2v) is 6.71. The molecule has 5 nitrogen and oxygen atoms in total. The predicted molar refractivity (Wildman–Crippen MR) is 100 cm³/mol. The standard InChI is InChI=1S/C18H18BrClN2O3/c1-12-10-14(19)7-8-16(12)25-11-18(24)22-21-17(23)9-6-13-4-2-3-5-15(13)20/h2-5,7-8,10H,6,9,11H2,1H3,(H,21,23)(H,22,24). The zero-order valence-electron chi connectivity index (χ0n) is 13.6. The number of ether oxygens (including phenoxy) is 1. The Labute approximate surface area is 159 Å². The average Bonchev–Trinajstić information content (AvgIpc) is 2.58. The second kappa shape index (κ2) is 9.44. The van der Waals surface area contributed by atoms with Crippen molar-refractivity contribution in [2.24, 2.45) is 0 Å².